The molecule has 2 rings (SSSR count). The van der Waals surface area contributed by atoms with E-state index >= 15 is 0 Å². The van der Waals surface area contributed by atoms with E-state index in [1.807, 2.05) is 0 Å². The van der Waals surface area contributed by atoms with Crippen LogP contribution in [-0.4, -0.2) is 32.2 Å². The number of morpholine rings is 1. The second-order valence-corrected chi connectivity index (χ2v) is 3.60. The van der Waals surface area contributed by atoms with Gasteiger partial charge in [0.1, 0.15) is 5.82 Å². The molecule has 1 amide bonds. The highest BCUT2D eigenvalue weighted by atomic mass is 19.1. The fourth-order valence-corrected chi connectivity index (χ4v) is 1.82. The van der Waals surface area contributed by atoms with Gasteiger partial charge in [0.2, 0.25) is 0 Å². The lowest BCUT2D eigenvalue weighted by Crippen LogP contribution is -2.38. The maximum absolute atomic E-state index is 13.7. The molecule has 0 aromatic heterocycles. The van der Waals surface area contributed by atoms with Gasteiger partial charge >= 0.3 is 0 Å². The maximum atomic E-state index is 13.7. The number of rotatable bonds is 2. The first-order chi connectivity index (χ1) is 7.70. The Balaban J connectivity index is 2.40. The van der Waals surface area contributed by atoms with Gasteiger partial charge in [-0.3, -0.25) is 4.79 Å². The van der Waals surface area contributed by atoms with Gasteiger partial charge in [-0.05, 0) is 12.1 Å². The number of benzene rings is 1. The van der Waals surface area contributed by atoms with Crippen molar-refractivity contribution in [1.29, 1.82) is 0 Å². The molecule has 1 aliphatic rings. The third kappa shape index (κ3) is 1.99. The van der Waals surface area contributed by atoms with Crippen molar-refractivity contribution in [1.82, 2.24) is 0 Å². The minimum absolute atomic E-state index is 0.224. The Kier molecular flexibility index (Phi) is 3.05. The molecular weight excluding hydrogens is 211 g/mol. The molecule has 1 aromatic carbocycles. The van der Waals surface area contributed by atoms with Crippen LogP contribution in [-0.2, 0) is 4.74 Å². The summed E-state index contributed by atoms with van der Waals surface area (Å²) >= 11 is 0. The van der Waals surface area contributed by atoms with Crippen molar-refractivity contribution in [2.45, 2.75) is 0 Å². The number of nitrogens with zero attached hydrogens (tertiary/aromatic N) is 1. The van der Waals surface area contributed by atoms with E-state index in [1.54, 1.807) is 4.90 Å². The molecule has 0 radical (unpaired) electrons. The summed E-state index contributed by atoms with van der Waals surface area (Å²) in [5.41, 5.74) is 5.74. The highest BCUT2D eigenvalue weighted by Gasteiger charge is 2.20. The normalized spacial score (nSPS) is 16.2. The lowest BCUT2D eigenvalue weighted by molar-refractivity contribution is 0.0998. The summed E-state index contributed by atoms with van der Waals surface area (Å²) in [4.78, 5) is 13.0. The van der Waals surface area contributed by atoms with Crippen LogP contribution in [0.25, 0.3) is 0 Å². The molecule has 16 heavy (non-hydrogen) atoms. The molecule has 4 nitrogen and oxygen atoms in total. The number of nitrogens with two attached hydrogens (primary N) is 1. The van der Waals surface area contributed by atoms with Gasteiger partial charge < -0.3 is 15.4 Å². The van der Waals surface area contributed by atoms with Gasteiger partial charge in [0.25, 0.3) is 5.91 Å². The number of ether oxygens (including phenoxy) is 1. The van der Waals surface area contributed by atoms with Gasteiger partial charge in [-0.2, -0.15) is 0 Å². The van der Waals surface area contributed by atoms with Crippen LogP contribution < -0.4 is 10.6 Å². The zero-order valence-electron chi connectivity index (χ0n) is 8.78. The summed E-state index contributed by atoms with van der Waals surface area (Å²) in [6, 6.07) is 4.35. The van der Waals surface area contributed by atoms with Crippen LogP contribution in [0.2, 0.25) is 0 Å². The SMILES string of the molecule is NC(=O)c1cccc(F)c1N1CCOCC1. The second kappa shape index (κ2) is 4.49. The first kappa shape index (κ1) is 10.9. The molecule has 1 saturated heterocycles. The summed E-state index contributed by atoms with van der Waals surface area (Å²) in [7, 11) is 0. The molecule has 0 saturated carbocycles. The summed E-state index contributed by atoms with van der Waals surface area (Å²) in [6.07, 6.45) is 0. The number of hydrogen-bond acceptors (Lipinski definition) is 3. The Labute approximate surface area is 92.8 Å². The minimum atomic E-state index is -0.610. The van der Waals surface area contributed by atoms with E-state index in [0.717, 1.165) is 0 Å². The number of anilines is 1. The zero-order chi connectivity index (χ0) is 11.5. The van der Waals surface area contributed by atoms with E-state index in [4.69, 9.17) is 10.5 Å². The standard InChI is InChI=1S/C11H13FN2O2/c12-9-3-1-2-8(11(13)15)10(9)14-4-6-16-7-5-14/h1-3H,4-7H2,(H2,13,15). The third-order valence-corrected chi connectivity index (χ3v) is 2.58. The van der Waals surface area contributed by atoms with Gasteiger partial charge in [-0.1, -0.05) is 6.07 Å². The molecular formula is C11H13FN2O2. The second-order valence-electron chi connectivity index (χ2n) is 3.60. The smallest absolute Gasteiger partial charge is 0.250 e. The van der Waals surface area contributed by atoms with E-state index in [9.17, 15) is 9.18 Å². The first-order valence-electron chi connectivity index (χ1n) is 5.11. The quantitative estimate of drug-likeness (QED) is 0.807. The predicted octanol–water partition coefficient (Wildman–Crippen LogP) is 0.761. The van der Waals surface area contributed by atoms with Crippen molar-refractivity contribution >= 4 is 11.6 Å². The number of hydrogen-bond donors (Lipinski definition) is 1. The lowest BCUT2D eigenvalue weighted by Gasteiger charge is -2.30. The van der Waals surface area contributed by atoms with Crippen molar-refractivity contribution < 1.29 is 13.9 Å². The van der Waals surface area contributed by atoms with Crippen LogP contribution in [0.5, 0.6) is 0 Å². The lowest BCUT2D eigenvalue weighted by atomic mass is 10.1. The van der Waals surface area contributed by atoms with Crippen LogP contribution in [0.3, 0.4) is 0 Å². The highest BCUT2D eigenvalue weighted by molar-refractivity contribution is 5.98. The van der Waals surface area contributed by atoms with Crippen LogP contribution in [0.15, 0.2) is 18.2 Å². The number of carbonyl (C=O) groups is 1. The Hall–Kier alpha value is -1.62. The van der Waals surface area contributed by atoms with E-state index in [1.165, 1.54) is 18.2 Å². The fourth-order valence-electron chi connectivity index (χ4n) is 1.82. The zero-order valence-corrected chi connectivity index (χ0v) is 8.78. The van der Waals surface area contributed by atoms with E-state index in [0.29, 0.717) is 32.0 Å². The average molecular weight is 224 g/mol. The van der Waals surface area contributed by atoms with Crippen molar-refractivity contribution in [3.05, 3.63) is 29.6 Å². The Morgan fingerprint density at radius 2 is 2.06 bits per heavy atom. The molecule has 2 N–H and O–H groups in total. The molecule has 0 bridgehead atoms. The molecule has 1 fully saturated rings. The number of carbonyl (C=O) groups excluding carboxylic acids is 1. The van der Waals surface area contributed by atoms with Gasteiger partial charge in [0.15, 0.2) is 0 Å². The van der Waals surface area contributed by atoms with Gasteiger partial charge in [0.05, 0.1) is 24.5 Å². The molecule has 0 aliphatic carbocycles. The van der Waals surface area contributed by atoms with Crippen LogP contribution >= 0.6 is 0 Å². The van der Waals surface area contributed by atoms with Crippen LogP contribution in [0, 0.1) is 5.82 Å². The van der Waals surface area contributed by atoms with Crippen molar-refractivity contribution in [3.8, 4) is 0 Å². The monoisotopic (exact) mass is 224 g/mol. The van der Waals surface area contributed by atoms with Crippen molar-refractivity contribution in [2.75, 3.05) is 31.2 Å². The Morgan fingerprint density at radius 3 is 2.69 bits per heavy atom. The van der Waals surface area contributed by atoms with E-state index in [2.05, 4.69) is 0 Å². The van der Waals surface area contributed by atoms with E-state index < -0.39 is 11.7 Å². The summed E-state index contributed by atoms with van der Waals surface area (Å²) in [5.74, 6) is -1.03. The Morgan fingerprint density at radius 1 is 1.38 bits per heavy atom. The highest BCUT2D eigenvalue weighted by Crippen LogP contribution is 2.24. The fraction of sp³-hybridized carbons (Fsp3) is 0.364. The van der Waals surface area contributed by atoms with Crippen LogP contribution in [0.4, 0.5) is 10.1 Å². The van der Waals surface area contributed by atoms with Gasteiger partial charge in [-0.25, -0.2) is 4.39 Å². The molecule has 0 atom stereocenters. The number of amides is 1. The largest absolute Gasteiger partial charge is 0.378 e. The van der Waals surface area contributed by atoms with Crippen LogP contribution in [0.1, 0.15) is 10.4 Å². The topological polar surface area (TPSA) is 55.6 Å². The number of para-hydroxylation sites is 1. The predicted molar refractivity (Wildman–Crippen MR) is 57.9 cm³/mol. The molecule has 1 aliphatic heterocycles. The third-order valence-electron chi connectivity index (χ3n) is 2.58. The van der Waals surface area contributed by atoms with Gasteiger partial charge in [-0.15, -0.1) is 0 Å². The summed E-state index contributed by atoms with van der Waals surface area (Å²) in [5, 5.41) is 0. The molecule has 86 valence electrons. The molecule has 1 aromatic rings. The van der Waals surface area contributed by atoms with Crippen molar-refractivity contribution in [3.63, 3.8) is 0 Å². The average Bonchev–Trinajstić information content (AvgIpc) is 2.29. The maximum Gasteiger partial charge on any atom is 0.250 e. The number of halogens is 1. The summed E-state index contributed by atoms with van der Waals surface area (Å²) < 4.78 is 18.9. The molecule has 1 heterocycles. The van der Waals surface area contributed by atoms with E-state index in [-0.39, 0.29) is 5.56 Å². The van der Waals surface area contributed by atoms with Gasteiger partial charge in [0, 0.05) is 13.1 Å². The first-order valence-corrected chi connectivity index (χ1v) is 5.11. The molecule has 0 unspecified atom stereocenters. The number of primary amides is 1. The molecule has 0 spiro atoms. The van der Waals surface area contributed by atoms with Crippen molar-refractivity contribution in [2.24, 2.45) is 5.73 Å². The summed E-state index contributed by atoms with van der Waals surface area (Å²) in [6.45, 7) is 2.21. The Bertz CT molecular complexity index is 403. The minimum Gasteiger partial charge on any atom is -0.378 e. The molecule has 5 heteroatoms.